The Kier molecular flexibility index (Phi) is 3.42. The van der Waals surface area contributed by atoms with Gasteiger partial charge >= 0.3 is 0 Å². The first kappa shape index (κ1) is 12.5. The fourth-order valence-electron chi connectivity index (χ4n) is 2.96. The molecule has 1 fully saturated rings. The van der Waals surface area contributed by atoms with Gasteiger partial charge in [-0.1, -0.05) is 18.2 Å². The molecule has 2 aliphatic rings. The molecular weight excluding hydrogens is 240 g/mol. The zero-order chi connectivity index (χ0) is 13.2. The Balaban J connectivity index is 1.67. The number of hydrogen-bond donors (Lipinski definition) is 1. The summed E-state index contributed by atoms with van der Waals surface area (Å²) in [5, 5.41) is 3.37. The Labute approximate surface area is 113 Å². The highest BCUT2D eigenvalue weighted by Gasteiger charge is 2.29. The lowest BCUT2D eigenvalue weighted by Gasteiger charge is -2.34. The normalized spacial score (nSPS) is 25.8. The van der Waals surface area contributed by atoms with Crippen molar-refractivity contribution in [1.29, 1.82) is 0 Å². The molecule has 2 aliphatic heterocycles. The average molecular weight is 260 g/mol. The third-order valence-corrected chi connectivity index (χ3v) is 4.05. The monoisotopic (exact) mass is 260 g/mol. The van der Waals surface area contributed by atoms with Crippen LogP contribution < -0.4 is 5.32 Å². The van der Waals surface area contributed by atoms with Crippen LogP contribution in [0, 0.1) is 0 Å². The van der Waals surface area contributed by atoms with Crippen LogP contribution in [0.1, 0.15) is 24.8 Å². The number of ether oxygens (including phenoxy) is 1. The molecule has 4 heteroatoms. The molecular formula is C15H20N2O2. The van der Waals surface area contributed by atoms with Crippen molar-refractivity contribution in [2.24, 2.45) is 0 Å². The maximum Gasteiger partial charge on any atom is 0.223 e. The van der Waals surface area contributed by atoms with Crippen LogP contribution in [0.3, 0.4) is 0 Å². The number of nitrogens with one attached hydrogen (secondary N) is 1. The lowest BCUT2D eigenvalue weighted by molar-refractivity contribution is -0.139. The number of carbonyl (C=O) groups is 1. The van der Waals surface area contributed by atoms with Gasteiger partial charge in [0.2, 0.25) is 5.91 Å². The van der Waals surface area contributed by atoms with Gasteiger partial charge in [0, 0.05) is 31.1 Å². The third kappa shape index (κ3) is 2.45. The van der Waals surface area contributed by atoms with Gasteiger partial charge in [-0.15, -0.1) is 0 Å². The highest BCUT2D eigenvalue weighted by molar-refractivity contribution is 5.78. The van der Waals surface area contributed by atoms with E-state index in [1.54, 1.807) is 0 Å². The zero-order valence-corrected chi connectivity index (χ0v) is 11.3. The second kappa shape index (κ2) is 5.21. The van der Waals surface area contributed by atoms with Crippen molar-refractivity contribution in [3.63, 3.8) is 0 Å². The van der Waals surface area contributed by atoms with Gasteiger partial charge in [0.1, 0.15) is 0 Å². The van der Waals surface area contributed by atoms with Crippen LogP contribution in [-0.2, 0) is 9.53 Å². The minimum absolute atomic E-state index is 0.200. The van der Waals surface area contributed by atoms with Crippen molar-refractivity contribution >= 4 is 11.6 Å². The van der Waals surface area contributed by atoms with Gasteiger partial charge in [-0.2, -0.15) is 0 Å². The van der Waals surface area contributed by atoms with Gasteiger partial charge in [-0.25, -0.2) is 0 Å². The van der Waals surface area contributed by atoms with Crippen LogP contribution in [0.2, 0.25) is 0 Å². The summed E-state index contributed by atoms with van der Waals surface area (Å²) in [5.41, 5.74) is 2.45. The first-order valence-corrected chi connectivity index (χ1v) is 6.95. The van der Waals surface area contributed by atoms with E-state index in [1.165, 1.54) is 11.3 Å². The lowest BCUT2D eigenvalue weighted by atomic mass is 9.97. The number of anilines is 1. The van der Waals surface area contributed by atoms with Crippen molar-refractivity contribution in [2.75, 3.05) is 31.6 Å². The molecule has 19 heavy (non-hydrogen) atoms. The predicted octanol–water partition coefficient (Wildman–Crippen LogP) is 1.83. The van der Waals surface area contributed by atoms with E-state index in [4.69, 9.17) is 4.74 Å². The van der Waals surface area contributed by atoms with Gasteiger partial charge < -0.3 is 15.0 Å². The maximum atomic E-state index is 12.4. The Morgan fingerprint density at radius 3 is 3.16 bits per heavy atom. The molecule has 4 nitrogen and oxygen atoms in total. The molecule has 0 aromatic heterocycles. The number of nitrogens with zero attached hydrogens (tertiary/aromatic N) is 1. The largest absolute Gasteiger partial charge is 0.384 e. The number of morpholine rings is 1. The fourth-order valence-corrected chi connectivity index (χ4v) is 2.96. The van der Waals surface area contributed by atoms with Gasteiger partial charge in [-0.3, -0.25) is 4.79 Å². The van der Waals surface area contributed by atoms with E-state index in [-0.39, 0.29) is 11.9 Å². The molecule has 0 aliphatic carbocycles. The standard InChI is InChI=1S/C15H20N2O2/c1-11-10-19-7-6-17(11)15(18)8-12-9-16-14-5-3-2-4-13(12)14/h2-5,11-12,16H,6-10H2,1H3. The number of fused-ring (bicyclic) bond motifs is 1. The topological polar surface area (TPSA) is 41.6 Å². The number of carbonyl (C=O) groups excluding carboxylic acids is 1. The molecule has 2 unspecified atom stereocenters. The summed E-state index contributed by atoms with van der Waals surface area (Å²) in [5.74, 6) is 0.554. The minimum atomic E-state index is 0.200. The highest BCUT2D eigenvalue weighted by Crippen LogP contribution is 2.33. The summed E-state index contributed by atoms with van der Waals surface area (Å²) in [7, 11) is 0. The number of hydrogen-bond acceptors (Lipinski definition) is 3. The second-order valence-electron chi connectivity index (χ2n) is 5.38. The molecule has 2 atom stereocenters. The smallest absolute Gasteiger partial charge is 0.223 e. The summed E-state index contributed by atoms with van der Waals surface area (Å²) in [6.07, 6.45) is 0.592. The van der Waals surface area contributed by atoms with E-state index in [1.807, 2.05) is 17.0 Å². The summed E-state index contributed by atoms with van der Waals surface area (Å²) in [4.78, 5) is 14.4. The Hall–Kier alpha value is -1.55. The van der Waals surface area contributed by atoms with E-state index in [2.05, 4.69) is 24.4 Å². The molecule has 3 rings (SSSR count). The average Bonchev–Trinajstić information content (AvgIpc) is 2.83. The van der Waals surface area contributed by atoms with E-state index in [0.717, 1.165) is 13.1 Å². The Morgan fingerprint density at radius 1 is 1.47 bits per heavy atom. The summed E-state index contributed by atoms with van der Waals surface area (Å²) >= 11 is 0. The molecule has 1 amide bonds. The Morgan fingerprint density at radius 2 is 2.32 bits per heavy atom. The molecule has 0 spiro atoms. The summed E-state index contributed by atoms with van der Waals surface area (Å²) in [6, 6.07) is 8.47. The molecule has 1 aromatic carbocycles. The van der Waals surface area contributed by atoms with E-state index < -0.39 is 0 Å². The summed E-state index contributed by atoms with van der Waals surface area (Å²) in [6.45, 7) is 4.96. The van der Waals surface area contributed by atoms with Crippen LogP contribution in [0.25, 0.3) is 0 Å². The van der Waals surface area contributed by atoms with Crippen LogP contribution >= 0.6 is 0 Å². The SMILES string of the molecule is CC1COCCN1C(=O)CC1CNc2ccccc21. The predicted molar refractivity (Wildman–Crippen MR) is 74.3 cm³/mol. The van der Waals surface area contributed by atoms with Gasteiger partial charge in [0.05, 0.1) is 19.3 Å². The first-order chi connectivity index (χ1) is 9.25. The summed E-state index contributed by atoms with van der Waals surface area (Å²) < 4.78 is 5.38. The van der Waals surface area contributed by atoms with Crippen LogP contribution in [0.15, 0.2) is 24.3 Å². The van der Waals surface area contributed by atoms with Crippen molar-refractivity contribution in [3.05, 3.63) is 29.8 Å². The number of para-hydroxylation sites is 1. The van der Waals surface area contributed by atoms with Crippen LogP contribution in [0.4, 0.5) is 5.69 Å². The molecule has 0 saturated carbocycles. The van der Waals surface area contributed by atoms with Gasteiger partial charge in [0.15, 0.2) is 0 Å². The number of rotatable bonds is 2. The first-order valence-electron chi connectivity index (χ1n) is 6.95. The van der Waals surface area contributed by atoms with Crippen molar-refractivity contribution in [2.45, 2.75) is 25.3 Å². The van der Waals surface area contributed by atoms with Gasteiger partial charge in [0.25, 0.3) is 0 Å². The zero-order valence-electron chi connectivity index (χ0n) is 11.3. The molecule has 0 radical (unpaired) electrons. The lowest BCUT2D eigenvalue weighted by Crippen LogP contribution is -2.47. The highest BCUT2D eigenvalue weighted by atomic mass is 16.5. The molecule has 1 aromatic rings. The third-order valence-electron chi connectivity index (χ3n) is 4.05. The van der Waals surface area contributed by atoms with Crippen molar-refractivity contribution in [3.8, 4) is 0 Å². The van der Waals surface area contributed by atoms with Crippen molar-refractivity contribution in [1.82, 2.24) is 4.90 Å². The molecule has 1 N–H and O–H groups in total. The van der Waals surface area contributed by atoms with Crippen molar-refractivity contribution < 1.29 is 9.53 Å². The molecule has 0 bridgehead atoms. The number of amides is 1. The molecule has 1 saturated heterocycles. The van der Waals surface area contributed by atoms with Gasteiger partial charge in [-0.05, 0) is 18.6 Å². The fraction of sp³-hybridized carbons (Fsp3) is 0.533. The number of benzene rings is 1. The van der Waals surface area contributed by atoms with Crippen LogP contribution in [-0.4, -0.2) is 43.2 Å². The second-order valence-corrected chi connectivity index (χ2v) is 5.38. The van der Waals surface area contributed by atoms with Crippen LogP contribution in [0.5, 0.6) is 0 Å². The molecule has 2 heterocycles. The quantitative estimate of drug-likeness (QED) is 0.882. The minimum Gasteiger partial charge on any atom is -0.384 e. The Bertz CT molecular complexity index is 475. The van der Waals surface area contributed by atoms with E-state index in [0.29, 0.717) is 25.6 Å². The maximum absolute atomic E-state index is 12.4. The van der Waals surface area contributed by atoms with E-state index in [9.17, 15) is 4.79 Å². The molecule has 102 valence electrons. The van der Waals surface area contributed by atoms with E-state index >= 15 is 0 Å².